The molecule has 0 unspecified atom stereocenters. The van der Waals surface area contributed by atoms with E-state index in [1.54, 1.807) is 12.8 Å². The van der Waals surface area contributed by atoms with Gasteiger partial charge in [0.05, 0.1) is 0 Å². The molecule has 1 aliphatic rings. The van der Waals surface area contributed by atoms with Crippen LogP contribution in [0.1, 0.15) is 136 Å². The van der Waals surface area contributed by atoms with E-state index in [1.807, 2.05) is 0 Å². The van der Waals surface area contributed by atoms with E-state index in [-0.39, 0.29) is 0 Å². The molecule has 0 heteroatoms. The predicted octanol–water partition coefficient (Wildman–Crippen LogP) is 8.44. The predicted molar refractivity (Wildman–Crippen MR) is 102 cm³/mol. The molecule has 0 aromatic rings. The zero-order chi connectivity index (χ0) is 15.9. The van der Waals surface area contributed by atoms with Gasteiger partial charge in [-0.05, 0) is 31.1 Å². The summed E-state index contributed by atoms with van der Waals surface area (Å²) >= 11 is 0. The lowest BCUT2D eigenvalue weighted by atomic mass is 9.70. The smallest absolute Gasteiger partial charge is 0.0297 e. The number of hydrogen-bond acceptors (Lipinski definition) is 0. The Bertz CT molecular complexity index is 206. The molecule has 0 radical (unpaired) electrons. The fourth-order valence-electron chi connectivity index (χ4n) is 4.49. The summed E-state index contributed by atoms with van der Waals surface area (Å²) < 4.78 is 0. The first-order valence-electron chi connectivity index (χ1n) is 10.8. The fraction of sp³-hybridized carbons (Fsp3) is 1.00. The third-order valence-electron chi connectivity index (χ3n) is 6.04. The third kappa shape index (κ3) is 9.21. The molecule has 1 aliphatic carbocycles. The molecular formula is C22H44. The Morgan fingerprint density at radius 3 is 1.23 bits per heavy atom. The van der Waals surface area contributed by atoms with Crippen molar-refractivity contribution in [2.45, 2.75) is 136 Å². The summed E-state index contributed by atoms with van der Waals surface area (Å²) in [5.74, 6) is 0. The molecule has 1 rings (SSSR count). The van der Waals surface area contributed by atoms with Crippen LogP contribution in [0.4, 0.5) is 0 Å². The zero-order valence-electron chi connectivity index (χ0n) is 15.9. The Morgan fingerprint density at radius 2 is 0.864 bits per heavy atom. The number of hydrogen-bond donors (Lipinski definition) is 0. The number of rotatable bonds is 8. The minimum absolute atomic E-state index is 0.726. The average molecular weight is 309 g/mol. The van der Waals surface area contributed by atoms with Crippen LogP contribution in [0.5, 0.6) is 0 Å². The van der Waals surface area contributed by atoms with E-state index >= 15 is 0 Å². The number of unbranched alkanes of at least 4 members (excludes halogenated alkanes) is 4. The summed E-state index contributed by atoms with van der Waals surface area (Å²) in [6, 6.07) is 0. The van der Waals surface area contributed by atoms with Crippen LogP contribution in [0.15, 0.2) is 0 Å². The second kappa shape index (κ2) is 13.4. The normalized spacial score (nSPS) is 21.0. The molecule has 0 atom stereocenters. The zero-order valence-corrected chi connectivity index (χ0v) is 15.9. The molecule has 22 heavy (non-hydrogen) atoms. The standard InChI is InChI=1S/C22H44/c1-3-5-14-18-22(19-15-6-4-2)20-16-12-10-8-7-9-11-13-17-21-22/h3-21H2,1-2H3. The van der Waals surface area contributed by atoms with Gasteiger partial charge in [-0.3, -0.25) is 0 Å². The van der Waals surface area contributed by atoms with Crippen molar-refractivity contribution in [2.75, 3.05) is 0 Å². The molecule has 0 aromatic heterocycles. The highest BCUT2D eigenvalue weighted by molar-refractivity contribution is 4.80. The first kappa shape index (κ1) is 20.0. The van der Waals surface area contributed by atoms with E-state index in [2.05, 4.69) is 13.8 Å². The minimum Gasteiger partial charge on any atom is -0.0654 e. The average Bonchev–Trinajstić information content (AvgIpc) is 2.51. The lowest BCUT2D eigenvalue weighted by Crippen LogP contribution is -2.21. The van der Waals surface area contributed by atoms with Crippen LogP contribution in [0.25, 0.3) is 0 Å². The highest BCUT2D eigenvalue weighted by Gasteiger charge is 2.28. The van der Waals surface area contributed by atoms with Gasteiger partial charge in [0.25, 0.3) is 0 Å². The van der Waals surface area contributed by atoms with Gasteiger partial charge in [0.15, 0.2) is 0 Å². The molecular weight excluding hydrogens is 264 g/mol. The maximum Gasteiger partial charge on any atom is -0.0297 e. The van der Waals surface area contributed by atoms with Gasteiger partial charge in [0, 0.05) is 0 Å². The van der Waals surface area contributed by atoms with Crippen LogP contribution < -0.4 is 0 Å². The summed E-state index contributed by atoms with van der Waals surface area (Å²) in [6.07, 6.45) is 28.3. The second-order valence-corrected chi connectivity index (χ2v) is 8.10. The van der Waals surface area contributed by atoms with Crippen molar-refractivity contribution in [1.29, 1.82) is 0 Å². The van der Waals surface area contributed by atoms with Crippen molar-refractivity contribution >= 4 is 0 Å². The van der Waals surface area contributed by atoms with Crippen molar-refractivity contribution in [3.63, 3.8) is 0 Å². The largest absolute Gasteiger partial charge is 0.0654 e. The molecule has 132 valence electrons. The summed E-state index contributed by atoms with van der Waals surface area (Å²) in [5, 5.41) is 0. The van der Waals surface area contributed by atoms with Crippen LogP contribution in [-0.2, 0) is 0 Å². The van der Waals surface area contributed by atoms with Crippen LogP contribution in [-0.4, -0.2) is 0 Å². The van der Waals surface area contributed by atoms with Crippen molar-refractivity contribution in [1.82, 2.24) is 0 Å². The van der Waals surface area contributed by atoms with Crippen LogP contribution in [0.2, 0.25) is 0 Å². The van der Waals surface area contributed by atoms with E-state index in [0.29, 0.717) is 0 Å². The van der Waals surface area contributed by atoms with Gasteiger partial charge in [-0.15, -0.1) is 0 Å². The fourth-order valence-corrected chi connectivity index (χ4v) is 4.49. The van der Waals surface area contributed by atoms with E-state index in [4.69, 9.17) is 0 Å². The molecule has 0 amide bonds. The van der Waals surface area contributed by atoms with Crippen LogP contribution in [0, 0.1) is 5.41 Å². The van der Waals surface area contributed by atoms with E-state index in [9.17, 15) is 0 Å². The van der Waals surface area contributed by atoms with E-state index < -0.39 is 0 Å². The molecule has 0 aromatic carbocycles. The molecule has 0 bridgehead atoms. The van der Waals surface area contributed by atoms with Crippen LogP contribution >= 0.6 is 0 Å². The second-order valence-electron chi connectivity index (χ2n) is 8.10. The van der Waals surface area contributed by atoms with Gasteiger partial charge in [0.1, 0.15) is 0 Å². The van der Waals surface area contributed by atoms with Crippen LogP contribution in [0.3, 0.4) is 0 Å². The van der Waals surface area contributed by atoms with Crippen molar-refractivity contribution in [3.05, 3.63) is 0 Å². The maximum atomic E-state index is 2.35. The lowest BCUT2D eigenvalue weighted by molar-refractivity contribution is 0.171. The maximum absolute atomic E-state index is 2.35. The first-order chi connectivity index (χ1) is 10.8. The summed E-state index contributed by atoms with van der Waals surface area (Å²) in [7, 11) is 0. The Labute approximate surface area is 141 Å². The molecule has 1 fully saturated rings. The van der Waals surface area contributed by atoms with Gasteiger partial charge in [-0.2, -0.15) is 0 Å². The Hall–Kier alpha value is 0. The Morgan fingerprint density at radius 1 is 0.500 bits per heavy atom. The summed E-state index contributed by atoms with van der Waals surface area (Å²) in [6.45, 7) is 4.70. The Kier molecular flexibility index (Phi) is 12.2. The topological polar surface area (TPSA) is 0 Å². The monoisotopic (exact) mass is 308 g/mol. The molecule has 0 nitrogen and oxygen atoms in total. The van der Waals surface area contributed by atoms with Gasteiger partial charge in [0.2, 0.25) is 0 Å². The Balaban J connectivity index is 2.56. The van der Waals surface area contributed by atoms with Crippen molar-refractivity contribution in [2.24, 2.45) is 5.41 Å². The molecule has 0 aliphatic heterocycles. The lowest BCUT2D eigenvalue weighted by Gasteiger charge is -2.35. The van der Waals surface area contributed by atoms with Gasteiger partial charge in [-0.25, -0.2) is 0 Å². The van der Waals surface area contributed by atoms with Crippen molar-refractivity contribution in [3.8, 4) is 0 Å². The molecule has 0 saturated heterocycles. The highest BCUT2D eigenvalue weighted by Crippen LogP contribution is 2.42. The van der Waals surface area contributed by atoms with Gasteiger partial charge in [-0.1, -0.05) is 110 Å². The van der Waals surface area contributed by atoms with Crippen molar-refractivity contribution < 1.29 is 0 Å². The molecule has 1 saturated carbocycles. The highest BCUT2D eigenvalue weighted by atomic mass is 14.3. The molecule has 0 N–H and O–H groups in total. The van der Waals surface area contributed by atoms with Gasteiger partial charge >= 0.3 is 0 Å². The molecule has 0 spiro atoms. The first-order valence-corrected chi connectivity index (χ1v) is 10.8. The van der Waals surface area contributed by atoms with E-state index in [1.165, 1.54) is 109 Å². The molecule has 0 heterocycles. The third-order valence-corrected chi connectivity index (χ3v) is 6.04. The summed E-state index contributed by atoms with van der Waals surface area (Å²) in [5.41, 5.74) is 0.726. The van der Waals surface area contributed by atoms with E-state index in [0.717, 1.165) is 5.41 Å². The quantitative estimate of drug-likeness (QED) is 0.394. The summed E-state index contributed by atoms with van der Waals surface area (Å²) in [4.78, 5) is 0. The van der Waals surface area contributed by atoms with Gasteiger partial charge < -0.3 is 0 Å². The minimum atomic E-state index is 0.726. The SMILES string of the molecule is CCCCCC1(CCCCC)CCCCCCCCCCC1.